The Morgan fingerprint density at radius 3 is 2.65 bits per heavy atom. The van der Waals surface area contributed by atoms with E-state index in [1.165, 1.54) is 12.0 Å². The standard InChI is InChI=1S/C16H23N3O/c1-12-5-8-17-15(11-12)19-9-6-13(7-10-19)16(20)18-14-3-2-4-14/h5,8,11,13-14H,2-4,6-7,9-10H2,1H3,(H,18,20). The van der Waals surface area contributed by atoms with Crippen molar-refractivity contribution in [3.63, 3.8) is 0 Å². The van der Waals surface area contributed by atoms with Crippen molar-refractivity contribution in [1.82, 2.24) is 10.3 Å². The molecule has 2 aliphatic rings. The number of pyridine rings is 1. The van der Waals surface area contributed by atoms with E-state index < -0.39 is 0 Å². The van der Waals surface area contributed by atoms with Gasteiger partial charge in [0, 0.05) is 31.2 Å². The van der Waals surface area contributed by atoms with Gasteiger partial charge < -0.3 is 10.2 Å². The Bertz CT molecular complexity index is 476. The minimum atomic E-state index is 0.191. The zero-order valence-corrected chi connectivity index (χ0v) is 12.1. The third kappa shape index (κ3) is 2.94. The molecule has 2 fully saturated rings. The maximum absolute atomic E-state index is 12.2. The molecule has 0 aromatic carbocycles. The van der Waals surface area contributed by atoms with Gasteiger partial charge in [-0.15, -0.1) is 0 Å². The number of piperidine rings is 1. The van der Waals surface area contributed by atoms with Crippen LogP contribution in [0.4, 0.5) is 5.82 Å². The van der Waals surface area contributed by atoms with Crippen molar-refractivity contribution in [1.29, 1.82) is 0 Å². The van der Waals surface area contributed by atoms with Gasteiger partial charge in [-0.05, 0) is 56.7 Å². The molecule has 1 aromatic heterocycles. The van der Waals surface area contributed by atoms with Crippen molar-refractivity contribution in [2.45, 2.75) is 45.1 Å². The fourth-order valence-electron chi connectivity index (χ4n) is 2.94. The Labute approximate surface area is 120 Å². The molecular formula is C16H23N3O. The van der Waals surface area contributed by atoms with Crippen LogP contribution in [0.5, 0.6) is 0 Å². The highest BCUT2D eigenvalue weighted by molar-refractivity contribution is 5.79. The second-order valence-electron chi connectivity index (χ2n) is 6.09. The molecule has 3 rings (SSSR count). The SMILES string of the molecule is Cc1ccnc(N2CCC(C(=O)NC3CCC3)CC2)c1. The van der Waals surface area contributed by atoms with Gasteiger partial charge in [-0.2, -0.15) is 0 Å². The molecule has 108 valence electrons. The monoisotopic (exact) mass is 273 g/mol. The zero-order chi connectivity index (χ0) is 13.9. The van der Waals surface area contributed by atoms with Crippen molar-refractivity contribution in [3.8, 4) is 0 Å². The van der Waals surface area contributed by atoms with Crippen LogP contribution in [-0.4, -0.2) is 30.0 Å². The summed E-state index contributed by atoms with van der Waals surface area (Å²) < 4.78 is 0. The van der Waals surface area contributed by atoms with Crippen LogP contribution in [-0.2, 0) is 4.79 Å². The van der Waals surface area contributed by atoms with E-state index in [-0.39, 0.29) is 11.8 Å². The number of aromatic nitrogens is 1. The minimum Gasteiger partial charge on any atom is -0.357 e. The molecule has 4 heteroatoms. The first-order valence-corrected chi connectivity index (χ1v) is 7.70. The van der Waals surface area contributed by atoms with Gasteiger partial charge in [0.05, 0.1) is 0 Å². The quantitative estimate of drug-likeness (QED) is 0.919. The Kier molecular flexibility index (Phi) is 3.90. The van der Waals surface area contributed by atoms with Crippen molar-refractivity contribution in [3.05, 3.63) is 23.9 Å². The average molecular weight is 273 g/mol. The third-order valence-electron chi connectivity index (χ3n) is 4.54. The van der Waals surface area contributed by atoms with Crippen molar-refractivity contribution >= 4 is 11.7 Å². The van der Waals surface area contributed by atoms with Crippen molar-refractivity contribution in [2.75, 3.05) is 18.0 Å². The summed E-state index contributed by atoms with van der Waals surface area (Å²) in [4.78, 5) is 18.9. The van der Waals surface area contributed by atoms with Crippen LogP contribution in [0.2, 0.25) is 0 Å². The summed E-state index contributed by atoms with van der Waals surface area (Å²) in [5.41, 5.74) is 1.24. The first kappa shape index (κ1) is 13.4. The van der Waals surface area contributed by atoms with Crippen LogP contribution < -0.4 is 10.2 Å². The number of carbonyl (C=O) groups is 1. The molecule has 0 radical (unpaired) electrons. The predicted molar refractivity (Wildman–Crippen MR) is 79.7 cm³/mol. The summed E-state index contributed by atoms with van der Waals surface area (Å²) in [6.45, 7) is 3.95. The van der Waals surface area contributed by atoms with E-state index in [1.54, 1.807) is 0 Å². The predicted octanol–water partition coefficient (Wildman–Crippen LogP) is 2.28. The molecule has 1 aliphatic heterocycles. The summed E-state index contributed by atoms with van der Waals surface area (Å²) in [6.07, 6.45) is 7.33. The number of hydrogen-bond donors (Lipinski definition) is 1. The molecule has 1 saturated carbocycles. The van der Waals surface area contributed by atoms with E-state index in [0.717, 1.165) is 44.6 Å². The fourth-order valence-corrected chi connectivity index (χ4v) is 2.94. The molecule has 0 unspecified atom stereocenters. The summed E-state index contributed by atoms with van der Waals surface area (Å²) in [7, 11) is 0. The summed E-state index contributed by atoms with van der Waals surface area (Å²) in [6, 6.07) is 4.59. The van der Waals surface area contributed by atoms with Crippen LogP contribution in [0.1, 0.15) is 37.7 Å². The number of aryl methyl sites for hydroxylation is 1. The molecule has 4 nitrogen and oxygen atoms in total. The molecule has 1 amide bonds. The lowest BCUT2D eigenvalue weighted by Crippen LogP contribution is -2.46. The molecule has 0 bridgehead atoms. The van der Waals surface area contributed by atoms with Crippen molar-refractivity contribution in [2.24, 2.45) is 5.92 Å². The molecular weight excluding hydrogens is 250 g/mol. The second kappa shape index (κ2) is 5.81. The Balaban J connectivity index is 1.52. The number of hydrogen-bond acceptors (Lipinski definition) is 3. The zero-order valence-electron chi connectivity index (χ0n) is 12.1. The van der Waals surface area contributed by atoms with Crippen LogP contribution in [0.25, 0.3) is 0 Å². The summed E-state index contributed by atoms with van der Waals surface area (Å²) in [5, 5.41) is 3.18. The van der Waals surface area contributed by atoms with Gasteiger partial charge in [0.1, 0.15) is 5.82 Å². The summed E-state index contributed by atoms with van der Waals surface area (Å²) in [5.74, 6) is 1.51. The van der Waals surface area contributed by atoms with Crippen LogP contribution in [0, 0.1) is 12.8 Å². The fraction of sp³-hybridized carbons (Fsp3) is 0.625. The smallest absolute Gasteiger partial charge is 0.223 e. The molecule has 2 heterocycles. The van der Waals surface area contributed by atoms with Gasteiger partial charge in [-0.25, -0.2) is 4.98 Å². The van der Waals surface area contributed by atoms with Gasteiger partial charge in [0.15, 0.2) is 0 Å². The number of anilines is 1. The van der Waals surface area contributed by atoms with Gasteiger partial charge in [0.25, 0.3) is 0 Å². The molecule has 20 heavy (non-hydrogen) atoms. The second-order valence-corrected chi connectivity index (χ2v) is 6.09. The molecule has 1 aromatic rings. The van der Waals surface area contributed by atoms with E-state index in [4.69, 9.17) is 0 Å². The Morgan fingerprint density at radius 2 is 2.05 bits per heavy atom. The van der Waals surface area contributed by atoms with Crippen LogP contribution >= 0.6 is 0 Å². The molecule has 1 aliphatic carbocycles. The maximum Gasteiger partial charge on any atom is 0.223 e. The largest absolute Gasteiger partial charge is 0.357 e. The van der Waals surface area contributed by atoms with Gasteiger partial charge >= 0.3 is 0 Å². The third-order valence-corrected chi connectivity index (χ3v) is 4.54. The van der Waals surface area contributed by atoms with Gasteiger partial charge in [-0.3, -0.25) is 4.79 Å². The highest BCUT2D eigenvalue weighted by Crippen LogP contribution is 2.24. The highest BCUT2D eigenvalue weighted by Gasteiger charge is 2.28. The first-order valence-electron chi connectivity index (χ1n) is 7.70. The number of carbonyl (C=O) groups excluding carboxylic acids is 1. The van der Waals surface area contributed by atoms with Crippen LogP contribution in [0.3, 0.4) is 0 Å². The van der Waals surface area contributed by atoms with E-state index in [0.29, 0.717) is 6.04 Å². The Morgan fingerprint density at radius 1 is 1.30 bits per heavy atom. The van der Waals surface area contributed by atoms with Crippen molar-refractivity contribution < 1.29 is 4.79 Å². The van der Waals surface area contributed by atoms with E-state index >= 15 is 0 Å². The van der Waals surface area contributed by atoms with E-state index in [9.17, 15) is 4.79 Å². The number of amides is 1. The average Bonchev–Trinajstić information content (AvgIpc) is 2.43. The van der Waals surface area contributed by atoms with Crippen LogP contribution in [0.15, 0.2) is 18.3 Å². The molecule has 1 N–H and O–H groups in total. The normalized spacial score (nSPS) is 20.6. The maximum atomic E-state index is 12.2. The topological polar surface area (TPSA) is 45.2 Å². The molecule has 0 atom stereocenters. The van der Waals surface area contributed by atoms with E-state index in [1.807, 2.05) is 12.3 Å². The highest BCUT2D eigenvalue weighted by atomic mass is 16.1. The molecule has 1 saturated heterocycles. The summed E-state index contributed by atoms with van der Waals surface area (Å²) >= 11 is 0. The lowest BCUT2D eigenvalue weighted by Gasteiger charge is -2.34. The van der Waals surface area contributed by atoms with Gasteiger partial charge in [0.2, 0.25) is 5.91 Å². The van der Waals surface area contributed by atoms with E-state index in [2.05, 4.69) is 28.2 Å². The Hall–Kier alpha value is -1.58. The van der Waals surface area contributed by atoms with Gasteiger partial charge in [-0.1, -0.05) is 0 Å². The first-order chi connectivity index (χ1) is 9.72. The number of nitrogens with one attached hydrogen (secondary N) is 1. The number of nitrogens with zero attached hydrogens (tertiary/aromatic N) is 2. The molecule has 0 spiro atoms. The lowest BCUT2D eigenvalue weighted by atomic mass is 9.90. The lowest BCUT2D eigenvalue weighted by molar-refractivity contribution is -0.126. The minimum absolute atomic E-state index is 0.191. The number of rotatable bonds is 3.